The number of carbonyl (C=O) groups excluding carboxylic acids is 1. The van der Waals surface area contributed by atoms with E-state index >= 15 is 0 Å². The molecule has 7 nitrogen and oxygen atoms in total. The molecule has 2 saturated heterocycles. The van der Waals surface area contributed by atoms with Crippen molar-refractivity contribution in [1.29, 1.82) is 0 Å². The summed E-state index contributed by atoms with van der Waals surface area (Å²) >= 11 is 0. The SMILES string of the molecule is O=C(O)CC1CS(=O)(=O)CCN1C(=O)C1CCNCC1. The molecule has 0 aromatic heterocycles. The van der Waals surface area contributed by atoms with Crippen molar-refractivity contribution in [1.82, 2.24) is 10.2 Å². The van der Waals surface area contributed by atoms with Crippen LogP contribution in [0.25, 0.3) is 0 Å². The van der Waals surface area contributed by atoms with Crippen molar-refractivity contribution in [2.75, 3.05) is 31.1 Å². The van der Waals surface area contributed by atoms with E-state index < -0.39 is 21.8 Å². The number of carboxylic acid groups (broad SMARTS) is 1. The standard InChI is InChI=1S/C12H20N2O5S/c15-11(16)7-10-8-20(18,19)6-5-14(10)12(17)9-1-3-13-4-2-9/h9-10,13H,1-8H2,(H,15,16). The number of rotatable bonds is 3. The van der Waals surface area contributed by atoms with Crippen molar-refractivity contribution < 1.29 is 23.1 Å². The lowest BCUT2D eigenvalue weighted by atomic mass is 9.95. The van der Waals surface area contributed by atoms with Gasteiger partial charge in [0.2, 0.25) is 5.91 Å². The van der Waals surface area contributed by atoms with Crippen LogP contribution in [0.5, 0.6) is 0 Å². The smallest absolute Gasteiger partial charge is 0.305 e. The monoisotopic (exact) mass is 304 g/mol. The average Bonchev–Trinajstić information content (AvgIpc) is 2.37. The number of nitrogens with one attached hydrogen (secondary N) is 1. The highest BCUT2D eigenvalue weighted by molar-refractivity contribution is 7.91. The van der Waals surface area contributed by atoms with Gasteiger partial charge in [-0.15, -0.1) is 0 Å². The topological polar surface area (TPSA) is 104 Å². The van der Waals surface area contributed by atoms with Gasteiger partial charge in [0.05, 0.1) is 24.0 Å². The lowest BCUT2D eigenvalue weighted by Gasteiger charge is -2.37. The van der Waals surface area contributed by atoms with Crippen LogP contribution >= 0.6 is 0 Å². The third-order valence-electron chi connectivity index (χ3n) is 3.91. The minimum Gasteiger partial charge on any atom is -0.481 e. The number of piperidine rings is 1. The quantitative estimate of drug-likeness (QED) is 0.699. The van der Waals surface area contributed by atoms with Crippen LogP contribution in [0.1, 0.15) is 19.3 Å². The van der Waals surface area contributed by atoms with Gasteiger partial charge in [0, 0.05) is 12.5 Å². The first-order valence-corrected chi connectivity index (χ1v) is 8.64. The second kappa shape index (κ2) is 6.09. The molecule has 1 atom stereocenters. The van der Waals surface area contributed by atoms with Crippen molar-refractivity contribution in [3.63, 3.8) is 0 Å². The fraction of sp³-hybridized carbons (Fsp3) is 0.833. The zero-order chi connectivity index (χ0) is 14.8. The summed E-state index contributed by atoms with van der Waals surface area (Å²) in [7, 11) is -3.24. The number of hydrogen-bond donors (Lipinski definition) is 2. The van der Waals surface area contributed by atoms with Crippen molar-refractivity contribution in [2.24, 2.45) is 5.92 Å². The first kappa shape index (κ1) is 15.2. The minimum atomic E-state index is -3.24. The van der Waals surface area contributed by atoms with Crippen LogP contribution in [-0.2, 0) is 19.4 Å². The summed E-state index contributed by atoms with van der Waals surface area (Å²) in [6.45, 7) is 1.65. The third-order valence-corrected chi connectivity index (χ3v) is 5.61. The number of aliphatic carboxylic acids is 1. The molecule has 8 heteroatoms. The Hall–Kier alpha value is -1.15. The maximum atomic E-state index is 12.5. The molecule has 2 aliphatic rings. The Morgan fingerprint density at radius 3 is 2.50 bits per heavy atom. The van der Waals surface area contributed by atoms with Crippen molar-refractivity contribution in [2.45, 2.75) is 25.3 Å². The lowest BCUT2D eigenvalue weighted by Crippen LogP contribution is -2.54. The Morgan fingerprint density at radius 1 is 1.25 bits per heavy atom. The first-order chi connectivity index (χ1) is 9.39. The van der Waals surface area contributed by atoms with Gasteiger partial charge in [0.25, 0.3) is 0 Å². The van der Waals surface area contributed by atoms with Crippen LogP contribution in [0.3, 0.4) is 0 Å². The highest BCUT2D eigenvalue weighted by atomic mass is 32.2. The molecule has 0 radical (unpaired) electrons. The Morgan fingerprint density at radius 2 is 1.90 bits per heavy atom. The van der Waals surface area contributed by atoms with Crippen molar-refractivity contribution in [3.8, 4) is 0 Å². The van der Waals surface area contributed by atoms with Crippen LogP contribution in [-0.4, -0.2) is 67.5 Å². The molecule has 2 heterocycles. The molecule has 0 bridgehead atoms. The molecular weight excluding hydrogens is 284 g/mol. The van der Waals surface area contributed by atoms with Crippen LogP contribution in [0.4, 0.5) is 0 Å². The maximum absolute atomic E-state index is 12.5. The Kier molecular flexibility index (Phi) is 4.64. The van der Waals surface area contributed by atoms with E-state index in [0.29, 0.717) is 0 Å². The molecule has 2 aliphatic heterocycles. The predicted molar refractivity (Wildman–Crippen MR) is 72.0 cm³/mol. The number of carbonyl (C=O) groups is 2. The van der Waals surface area contributed by atoms with E-state index in [9.17, 15) is 18.0 Å². The van der Waals surface area contributed by atoms with Crippen LogP contribution in [0.2, 0.25) is 0 Å². The van der Waals surface area contributed by atoms with Gasteiger partial charge in [0.1, 0.15) is 0 Å². The normalized spacial score (nSPS) is 27.2. The molecule has 0 saturated carbocycles. The van der Waals surface area contributed by atoms with Crippen molar-refractivity contribution in [3.05, 3.63) is 0 Å². The molecule has 1 amide bonds. The fourth-order valence-electron chi connectivity index (χ4n) is 2.85. The second-order valence-corrected chi connectivity index (χ2v) is 7.65. The number of sulfone groups is 1. The molecule has 0 aromatic carbocycles. The first-order valence-electron chi connectivity index (χ1n) is 6.82. The van der Waals surface area contributed by atoms with Gasteiger partial charge in [-0.25, -0.2) is 8.42 Å². The summed E-state index contributed by atoms with van der Waals surface area (Å²) in [5.74, 6) is -1.59. The molecular formula is C12H20N2O5S. The van der Waals surface area contributed by atoms with Crippen LogP contribution in [0, 0.1) is 5.92 Å². The Bertz CT molecular complexity index is 484. The number of nitrogens with zero attached hydrogens (tertiary/aromatic N) is 1. The summed E-state index contributed by atoms with van der Waals surface area (Å²) in [5.41, 5.74) is 0. The fourth-order valence-corrected chi connectivity index (χ4v) is 4.38. The van der Waals surface area contributed by atoms with Gasteiger partial charge in [-0.3, -0.25) is 9.59 Å². The molecule has 2 fully saturated rings. The maximum Gasteiger partial charge on any atom is 0.305 e. The Balaban J connectivity index is 2.10. The van der Waals surface area contributed by atoms with E-state index in [1.54, 1.807) is 0 Å². The van der Waals surface area contributed by atoms with E-state index in [-0.39, 0.29) is 36.3 Å². The number of amides is 1. The molecule has 1 unspecified atom stereocenters. The van der Waals surface area contributed by atoms with Gasteiger partial charge in [-0.1, -0.05) is 0 Å². The van der Waals surface area contributed by atoms with Gasteiger partial charge >= 0.3 is 5.97 Å². The van der Waals surface area contributed by atoms with Gasteiger partial charge in [-0.05, 0) is 25.9 Å². The summed E-state index contributed by atoms with van der Waals surface area (Å²) < 4.78 is 23.3. The lowest BCUT2D eigenvalue weighted by molar-refractivity contribution is -0.142. The van der Waals surface area contributed by atoms with E-state index in [2.05, 4.69) is 5.32 Å². The molecule has 20 heavy (non-hydrogen) atoms. The summed E-state index contributed by atoms with van der Waals surface area (Å²) in [5, 5.41) is 12.1. The molecule has 0 aromatic rings. The van der Waals surface area contributed by atoms with E-state index in [1.807, 2.05) is 0 Å². The molecule has 0 aliphatic carbocycles. The Labute approximate surface area is 118 Å². The summed E-state index contributed by atoms with van der Waals surface area (Å²) in [4.78, 5) is 24.8. The third kappa shape index (κ3) is 3.69. The van der Waals surface area contributed by atoms with Crippen LogP contribution in [0.15, 0.2) is 0 Å². The zero-order valence-corrected chi connectivity index (χ0v) is 12.1. The zero-order valence-electron chi connectivity index (χ0n) is 11.2. The largest absolute Gasteiger partial charge is 0.481 e. The van der Waals surface area contributed by atoms with E-state index in [4.69, 9.17) is 5.11 Å². The number of hydrogen-bond acceptors (Lipinski definition) is 5. The van der Waals surface area contributed by atoms with Crippen LogP contribution < -0.4 is 5.32 Å². The van der Waals surface area contributed by atoms with Gasteiger partial charge < -0.3 is 15.3 Å². The molecule has 2 N–H and O–H groups in total. The second-order valence-electron chi connectivity index (χ2n) is 5.42. The molecule has 0 spiro atoms. The summed E-state index contributed by atoms with van der Waals surface area (Å²) in [6, 6.07) is -0.728. The van der Waals surface area contributed by atoms with Crippen molar-refractivity contribution >= 4 is 21.7 Å². The van der Waals surface area contributed by atoms with Gasteiger partial charge in [-0.2, -0.15) is 0 Å². The minimum absolute atomic E-state index is 0.0696. The predicted octanol–water partition coefficient (Wildman–Crippen LogP) is -0.914. The summed E-state index contributed by atoms with van der Waals surface area (Å²) in [6.07, 6.45) is 1.14. The molecule has 114 valence electrons. The number of carboxylic acids is 1. The average molecular weight is 304 g/mol. The molecule has 2 rings (SSSR count). The van der Waals surface area contributed by atoms with Gasteiger partial charge in [0.15, 0.2) is 9.84 Å². The van der Waals surface area contributed by atoms with E-state index in [0.717, 1.165) is 25.9 Å². The van der Waals surface area contributed by atoms with E-state index in [1.165, 1.54) is 4.90 Å². The highest BCUT2D eigenvalue weighted by Crippen LogP contribution is 2.21. The highest BCUT2D eigenvalue weighted by Gasteiger charge is 2.37.